The molecule has 0 amide bonds. The summed E-state index contributed by atoms with van der Waals surface area (Å²) in [7, 11) is 0. The van der Waals surface area contributed by atoms with Crippen LogP contribution in [0.1, 0.15) is 11.1 Å². The number of halogens is 2. The fourth-order valence-corrected chi connectivity index (χ4v) is 2.45. The van der Waals surface area contributed by atoms with Crippen LogP contribution in [0.25, 0.3) is 0 Å². The van der Waals surface area contributed by atoms with E-state index in [0.717, 1.165) is 4.47 Å². The molecule has 0 aliphatic carbocycles. The van der Waals surface area contributed by atoms with Crippen LogP contribution in [0, 0.1) is 10.1 Å². The predicted octanol–water partition coefficient (Wildman–Crippen LogP) is 4.08. The summed E-state index contributed by atoms with van der Waals surface area (Å²) >= 11 is 9.37. The van der Waals surface area contributed by atoms with Crippen molar-refractivity contribution >= 4 is 33.2 Å². The first-order chi connectivity index (χ1) is 10.0. The Morgan fingerprint density at radius 1 is 1.29 bits per heavy atom. The van der Waals surface area contributed by atoms with E-state index in [1.807, 2.05) is 6.07 Å². The van der Waals surface area contributed by atoms with Gasteiger partial charge in [-0.1, -0.05) is 33.6 Å². The van der Waals surface area contributed by atoms with Gasteiger partial charge < -0.3 is 9.84 Å². The topological polar surface area (TPSA) is 72.6 Å². The standard InChI is InChI=1S/C14H11BrClNO4/c15-11-3-2-10(12(16)6-11)8-21-14-5-9(7-18)1-4-13(14)17(19)20/h1-6,18H,7-8H2. The summed E-state index contributed by atoms with van der Waals surface area (Å²) in [5, 5.41) is 20.6. The van der Waals surface area contributed by atoms with Crippen molar-refractivity contribution in [1.82, 2.24) is 0 Å². The number of hydrogen-bond acceptors (Lipinski definition) is 4. The Labute approximate surface area is 134 Å². The van der Waals surface area contributed by atoms with Crippen molar-refractivity contribution in [3.8, 4) is 5.75 Å². The van der Waals surface area contributed by atoms with Gasteiger partial charge >= 0.3 is 5.69 Å². The van der Waals surface area contributed by atoms with E-state index >= 15 is 0 Å². The molecule has 0 aliphatic heterocycles. The van der Waals surface area contributed by atoms with E-state index in [1.54, 1.807) is 12.1 Å². The quantitative estimate of drug-likeness (QED) is 0.634. The van der Waals surface area contributed by atoms with Crippen LogP contribution >= 0.6 is 27.5 Å². The minimum absolute atomic E-state index is 0.0990. The molecule has 7 heteroatoms. The van der Waals surface area contributed by atoms with Gasteiger partial charge in [0.2, 0.25) is 0 Å². The molecule has 2 rings (SSSR count). The monoisotopic (exact) mass is 371 g/mol. The SMILES string of the molecule is O=[N+]([O-])c1ccc(CO)cc1OCc1ccc(Br)cc1Cl. The van der Waals surface area contributed by atoms with Crippen LogP contribution in [0.2, 0.25) is 5.02 Å². The summed E-state index contributed by atoms with van der Waals surface area (Å²) in [4.78, 5) is 10.4. The molecule has 0 heterocycles. The molecule has 0 atom stereocenters. The van der Waals surface area contributed by atoms with E-state index in [1.165, 1.54) is 18.2 Å². The molecule has 5 nitrogen and oxygen atoms in total. The molecular weight excluding hydrogens is 362 g/mol. The lowest BCUT2D eigenvalue weighted by Gasteiger charge is -2.09. The Morgan fingerprint density at radius 2 is 2.05 bits per heavy atom. The number of nitro benzene ring substituents is 1. The van der Waals surface area contributed by atoms with Crippen molar-refractivity contribution in [3.63, 3.8) is 0 Å². The molecule has 2 aromatic rings. The maximum Gasteiger partial charge on any atom is 0.310 e. The van der Waals surface area contributed by atoms with E-state index in [-0.39, 0.29) is 24.7 Å². The Bertz CT molecular complexity index is 678. The molecule has 0 aliphatic rings. The Hall–Kier alpha value is -1.63. The fraction of sp³-hybridized carbons (Fsp3) is 0.143. The lowest BCUT2D eigenvalue weighted by Crippen LogP contribution is -2.00. The van der Waals surface area contributed by atoms with Crippen molar-refractivity contribution in [2.75, 3.05) is 0 Å². The maximum absolute atomic E-state index is 11.0. The van der Waals surface area contributed by atoms with Gasteiger partial charge in [0, 0.05) is 21.1 Å². The molecule has 0 fully saturated rings. The van der Waals surface area contributed by atoms with Gasteiger partial charge in [-0.3, -0.25) is 10.1 Å². The summed E-state index contributed by atoms with van der Waals surface area (Å²) in [5.41, 5.74) is 1.10. The molecule has 0 spiro atoms. The Balaban J connectivity index is 2.24. The summed E-state index contributed by atoms with van der Waals surface area (Å²) in [6.45, 7) is -0.116. The third kappa shape index (κ3) is 3.93. The molecule has 2 aromatic carbocycles. The number of nitrogens with zero attached hydrogens (tertiary/aromatic N) is 1. The number of aliphatic hydroxyl groups excluding tert-OH is 1. The summed E-state index contributed by atoms with van der Waals surface area (Å²) in [6, 6.07) is 9.54. The number of hydrogen-bond donors (Lipinski definition) is 1. The maximum atomic E-state index is 11.0. The van der Waals surface area contributed by atoms with Gasteiger partial charge in [0.15, 0.2) is 5.75 Å². The summed E-state index contributed by atoms with van der Waals surface area (Å²) < 4.78 is 6.33. The third-order valence-corrected chi connectivity index (χ3v) is 3.65. The van der Waals surface area contributed by atoms with Crippen LogP contribution < -0.4 is 4.74 Å². The lowest BCUT2D eigenvalue weighted by molar-refractivity contribution is -0.386. The zero-order chi connectivity index (χ0) is 15.4. The van der Waals surface area contributed by atoms with Gasteiger partial charge in [-0.25, -0.2) is 0 Å². The summed E-state index contributed by atoms with van der Waals surface area (Å²) in [5.74, 6) is 0.102. The van der Waals surface area contributed by atoms with Crippen LogP contribution in [0.4, 0.5) is 5.69 Å². The molecule has 21 heavy (non-hydrogen) atoms. The van der Waals surface area contributed by atoms with Crippen molar-refractivity contribution in [2.24, 2.45) is 0 Å². The molecule has 0 radical (unpaired) electrons. The molecule has 110 valence electrons. The van der Waals surface area contributed by atoms with E-state index < -0.39 is 4.92 Å². The molecule has 0 bridgehead atoms. The van der Waals surface area contributed by atoms with Gasteiger partial charge in [-0.05, 0) is 29.8 Å². The van der Waals surface area contributed by atoms with Crippen LogP contribution in [-0.4, -0.2) is 10.0 Å². The van der Waals surface area contributed by atoms with E-state index in [0.29, 0.717) is 16.1 Å². The number of nitro groups is 1. The van der Waals surface area contributed by atoms with Crippen LogP contribution in [0.3, 0.4) is 0 Å². The summed E-state index contributed by atoms with van der Waals surface area (Å²) in [6.07, 6.45) is 0. The molecule has 1 N–H and O–H groups in total. The zero-order valence-corrected chi connectivity index (χ0v) is 13.1. The van der Waals surface area contributed by atoms with E-state index in [2.05, 4.69) is 15.9 Å². The molecule has 0 aromatic heterocycles. The predicted molar refractivity (Wildman–Crippen MR) is 82.5 cm³/mol. The highest BCUT2D eigenvalue weighted by Gasteiger charge is 2.16. The van der Waals surface area contributed by atoms with E-state index in [4.69, 9.17) is 21.4 Å². The van der Waals surface area contributed by atoms with Crippen molar-refractivity contribution in [3.05, 3.63) is 67.1 Å². The number of rotatable bonds is 5. The van der Waals surface area contributed by atoms with E-state index in [9.17, 15) is 10.1 Å². The Morgan fingerprint density at radius 3 is 2.67 bits per heavy atom. The highest BCUT2D eigenvalue weighted by atomic mass is 79.9. The zero-order valence-electron chi connectivity index (χ0n) is 10.8. The number of ether oxygens (including phenoxy) is 1. The fourth-order valence-electron chi connectivity index (χ4n) is 1.72. The first-order valence-electron chi connectivity index (χ1n) is 5.96. The minimum Gasteiger partial charge on any atom is -0.482 e. The molecule has 0 unspecified atom stereocenters. The second-order valence-electron chi connectivity index (χ2n) is 4.24. The Kier molecular flexibility index (Phi) is 5.17. The average molecular weight is 373 g/mol. The molecule has 0 saturated heterocycles. The van der Waals surface area contributed by atoms with Crippen molar-refractivity contribution in [1.29, 1.82) is 0 Å². The van der Waals surface area contributed by atoms with Crippen LogP contribution in [0.15, 0.2) is 40.9 Å². The third-order valence-electron chi connectivity index (χ3n) is 2.80. The minimum atomic E-state index is -0.528. The van der Waals surface area contributed by atoms with Gasteiger partial charge in [0.1, 0.15) is 6.61 Å². The van der Waals surface area contributed by atoms with Crippen LogP contribution in [-0.2, 0) is 13.2 Å². The van der Waals surface area contributed by atoms with Crippen LogP contribution in [0.5, 0.6) is 5.75 Å². The first kappa shape index (κ1) is 15.8. The number of benzene rings is 2. The highest BCUT2D eigenvalue weighted by molar-refractivity contribution is 9.10. The normalized spacial score (nSPS) is 10.4. The highest BCUT2D eigenvalue weighted by Crippen LogP contribution is 2.30. The smallest absolute Gasteiger partial charge is 0.310 e. The largest absolute Gasteiger partial charge is 0.482 e. The lowest BCUT2D eigenvalue weighted by atomic mass is 10.2. The van der Waals surface area contributed by atoms with Gasteiger partial charge in [-0.2, -0.15) is 0 Å². The average Bonchev–Trinajstić information content (AvgIpc) is 2.45. The van der Waals surface area contributed by atoms with Gasteiger partial charge in [0.25, 0.3) is 0 Å². The second kappa shape index (κ2) is 6.89. The number of aliphatic hydroxyl groups is 1. The molecule has 0 saturated carbocycles. The first-order valence-corrected chi connectivity index (χ1v) is 7.13. The van der Waals surface area contributed by atoms with Crippen molar-refractivity contribution in [2.45, 2.75) is 13.2 Å². The molecular formula is C14H11BrClNO4. The van der Waals surface area contributed by atoms with Gasteiger partial charge in [0.05, 0.1) is 11.5 Å². The van der Waals surface area contributed by atoms with Crippen molar-refractivity contribution < 1.29 is 14.8 Å². The second-order valence-corrected chi connectivity index (χ2v) is 5.56. The van der Waals surface area contributed by atoms with Gasteiger partial charge in [-0.15, -0.1) is 0 Å².